The van der Waals surface area contributed by atoms with Crippen LogP contribution >= 0.6 is 23.4 Å². The van der Waals surface area contributed by atoms with Crippen LogP contribution in [0, 0.1) is 0 Å². The summed E-state index contributed by atoms with van der Waals surface area (Å²) in [6.45, 7) is 0.209. The lowest BCUT2D eigenvalue weighted by Gasteiger charge is -1.97. The quantitative estimate of drug-likeness (QED) is 0.598. The molecule has 0 radical (unpaired) electrons. The maximum Gasteiger partial charge on any atom is 0.148 e. The van der Waals surface area contributed by atoms with Gasteiger partial charge in [0.1, 0.15) is 10.2 Å². The number of hydrogen-bond donors (Lipinski definition) is 1. The van der Waals surface area contributed by atoms with E-state index in [2.05, 4.69) is 9.97 Å². The van der Waals surface area contributed by atoms with Crippen LogP contribution in [0.15, 0.2) is 17.4 Å². The molecule has 0 fully saturated rings. The average molecular weight is 205 g/mol. The van der Waals surface area contributed by atoms with Crippen LogP contribution in [0.3, 0.4) is 0 Å². The first-order valence-corrected chi connectivity index (χ1v) is 4.90. The molecule has 0 aliphatic heterocycles. The van der Waals surface area contributed by atoms with Crippen molar-refractivity contribution in [2.45, 2.75) is 11.4 Å². The Morgan fingerprint density at radius 1 is 1.50 bits per heavy atom. The summed E-state index contributed by atoms with van der Waals surface area (Å²) in [5, 5.41) is 9.73. The predicted octanol–water partition coefficient (Wildman–Crippen LogP) is 1.60. The van der Waals surface area contributed by atoms with E-state index in [1.54, 1.807) is 18.0 Å². The molecule has 12 heavy (non-hydrogen) atoms. The van der Waals surface area contributed by atoms with Gasteiger partial charge in [0, 0.05) is 12.4 Å². The van der Waals surface area contributed by atoms with Crippen molar-refractivity contribution in [2.75, 3.05) is 12.4 Å². The molecule has 0 unspecified atom stereocenters. The number of hydrogen-bond acceptors (Lipinski definition) is 4. The van der Waals surface area contributed by atoms with Gasteiger partial charge in [-0.1, -0.05) is 11.6 Å². The van der Waals surface area contributed by atoms with Crippen LogP contribution in [-0.2, 0) is 0 Å². The van der Waals surface area contributed by atoms with Crippen molar-refractivity contribution in [1.82, 2.24) is 9.97 Å². The second-order valence-electron chi connectivity index (χ2n) is 2.11. The molecule has 1 heterocycles. The Balaban J connectivity index is 2.41. The number of aliphatic hydroxyl groups is 1. The third kappa shape index (κ3) is 3.38. The van der Waals surface area contributed by atoms with E-state index in [4.69, 9.17) is 16.7 Å². The molecule has 0 spiro atoms. The van der Waals surface area contributed by atoms with Gasteiger partial charge in [0.2, 0.25) is 0 Å². The molecule has 0 bridgehead atoms. The molecule has 1 N–H and O–H groups in total. The molecular weight excluding hydrogens is 196 g/mol. The largest absolute Gasteiger partial charge is 0.396 e. The van der Waals surface area contributed by atoms with Crippen LogP contribution in [-0.4, -0.2) is 27.4 Å². The molecule has 0 aromatic carbocycles. The fourth-order valence-electron chi connectivity index (χ4n) is 0.636. The van der Waals surface area contributed by atoms with E-state index >= 15 is 0 Å². The van der Waals surface area contributed by atoms with E-state index in [0.717, 1.165) is 17.2 Å². The Bertz CT molecular complexity index is 247. The number of halogens is 1. The Morgan fingerprint density at radius 2 is 2.33 bits per heavy atom. The van der Waals surface area contributed by atoms with Crippen molar-refractivity contribution in [3.8, 4) is 0 Å². The van der Waals surface area contributed by atoms with Crippen molar-refractivity contribution in [3.63, 3.8) is 0 Å². The highest BCUT2D eigenvalue weighted by molar-refractivity contribution is 7.99. The molecule has 1 rings (SSSR count). The van der Waals surface area contributed by atoms with Gasteiger partial charge in [-0.05, 0) is 6.42 Å². The van der Waals surface area contributed by atoms with E-state index < -0.39 is 0 Å². The third-order valence-electron chi connectivity index (χ3n) is 1.14. The standard InChI is InChI=1S/C7H9ClN2OS/c8-6-4-9-5-7(10-6)12-3-1-2-11/h4-5,11H,1-3H2. The van der Waals surface area contributed by atoms with Crippen LogP contribution in [0.25, 0.3) is 0 Å². The highest BCUT2D eigenvalue weighted by atomic mass is 35.5. The minimum atomic E-state index is 0.209. The number of aromatic nitrogens is 2. The van der Waals surface area contributed by atoms with Gasteiger partial charge in [-0.25, -0.2) is 4.98 Å². The van der Waals surface area contributed by atoms with Crippen LogP contribution in [0.4, 0.5) is 0 Å². The molecule has 1 aromatic rings. The maximum absolute atomic E-state index is 8.52. The summed E-state index contributed by atoms with van der Waals surface area (Å²) >= 11 is 7.16. The molecular formula is C7H9ClN2OS. The van der Waals surface area contributed by atoms with Crippen LogP contribution in [0.2, 0.25) is 5.15 Å². The second-order valence-corrected chi connectivity index (χ2v) is 3.61. The Morgan fingerprint density at radius 3 is 3.00 bits per heavy atom. The normalized spacial score (nSPS) is 10.2. The van der Waals surface area contributed by atoms with Crippen molar-refractivity contribution in [3.05, 3.63) is 17.5 Å². The van der Waals surface area contributed by atoms with E-state index in [1.165, 1.54) is 6.20 Å². The first kappa shape index (κ1) is 9.77. The first-order chi connectivity index (χ1) is 5.83. The Hall–Kier alpha value is -0.320. The van der Waals surface area contributed by atoms with Gasteiger partial charge in [-0.3, -0.25) is 4.98 Å². The van der Waals surface area contributed by atoms with Gasteiger partial charge in [0.25, 0.3) is 0 Å². The number of nitrogens with zero attached hydrogens (tertiary/aromatic N) is 2. The molecule has 3 nitrogen and oxygen atoms in total. The van der Waals surface area contributed by atoms with Gasteiger partial charge in [-0.15, -0.1) is 11.8 Å². The number of aliphatic hydroxyl groups excluding tert-OH is 1. The summed E-state index contributed by atoms with van der Waals surface area (Å²) in [6, 6.07) is 0. The van der Waals surface area contributed by atoms with Crippen molar-refractivity contribution in [2.24, 2.45) is 0 Å². The summed E-state index contributed by atoms with van der Waals surface area (Å²) in [6.07, 6.45) is 3.92. The molecule has 1 aromatic heterocycles. The van der Waals surface area contributed by atoms with Crippen LogP contribution in [0.1, 0.15) is 6.42 Å². The molecule has 0 saturated carbocycles. The highest BCUT2D eigenvalue weighted by Crippen LogP contribution is 2.16. The molecule has 66 valence electrons. The molecule has 0 atom stereocenters. The lowest BCUT2D eigenvalue weighted by atomic mass is 10.5. The van der Waals surface area contributed by atoms with E-state index in [0.29, 0.717) is 5.15 Å². The SMILES string of the molecule is OCCCSc1cncc(Cl)n1. The minimum Gasteiger partial charge on any atom is -0.396 e. The number of rotatable bonds is 4. The van der Waals surface area contributed by atoms with Crippen molar-refractivity contribution >= 4 is 23.4 Å². The zero-order valence-corrected chi connectivity index (χ0v) is 7.98. The molecule has 5 heteroatoms. The first-order valence-electron chi connectivity index (χ1n) is 3.54. The summed E-state index contributed by atoms with van der Waals surface area (Å²) in [5.41, 5.74) is 0. The fourth-order valence-corrected chi connectivity index (χ4v) is 1.61. The molecule has 0 aliphatic carbocycles. The highest BCUT2D eigenvalue weighted by Gasteiger charge is 1.96. The van der Waals surface area contributed by atoms with Gasteiger partial charge < -0.3 is 5.11 Å². The lowest BCUT2D eigenvalue weighted by molar-refractivity contribution is 0.296. The fraction of sp³-hybridized carbons (Fsp3) is 0.429. The van der Waals surface area contributed by atoms with Gasteiger partial charge in [-0.2, -0.15) is 0 Å². The summed E-state index contributed by atoms with van der Waals surface area (Å²) < 4.78 is 0. The number of thioether (sulfide) groups is 1. The van der Waals surface area contributed by atoms with E-state index in [9.17, 15) is 0 Å². The van der Waals surface area contributed by atoms with Gasteiger partial charge >= 0.3 is 0 Å². The second kappa shape index (κ2) is 5.35. The summed E-state index contributed by atoms with van der Waals surface area (Å²) in [5.74, 6) is 0.839. The monoisotopic (exact) mass is 204 g/mol. The topological polar surface area (TPSA) is 46.0 Å². The van der Waals surface area contributed by atoms with E-state index in [1.807, 2.05) is 0 Å². The van der Waals surface area contributed by atoms with Gasteiger partial charge in [0.15, 0.2) is 0 Å². The van der Waals surface area contributed by atoms with E-state index in [-0.39, 0.29) is 6.61 Å². The summed E-state index contributed by atoms with van der Waals surface area (Å²) in [4.78, 5) is 7.91. The van der Waals surface area contributed by atoms with Crippen molar-refractivity contribution < 1.29 is 5.11 Å². The average Bonchev–Trinajstić information content (AvgIpc) is 2.05. The Labute approximate surface area is 80.2 Å². The molecule has 0 amide bonds. The zero-order chi connectivity index (χ0) is 8.81. The summed E-state index contributed by atoms with van der Waals surface area (Å²) in [7, 11) is 0. The molecule has 0 aliphatic rings. The van der Waals surface area contributed by atoms with Crippen molar-refractivity contribution in [1.29, 1.82) is 0 Å². The molecule has 0 saturated heterocycles. The lowest BCUT2D eigenvalue weighted by Crippen LogP contribution is -1.88. The minimum absolute atomic E-state index is 0.209. The third-order valence-corrected chi connectivity index (χ3v) is 2.30. The predicted molar refractivity (Wildman–Crippen MR) is 49.5 cm³/mol. The maximum atomic E-state index is 8.52. The van der Waals surface area contributed by atoms with Gasteiger partial charge in [0.05, 0.1) is 12.4 Å². The van der Waals surface area contributed by atoms with Crippen LogP contribution in [0.5, 0.6) is 0 Å². The Kier molecular flexibility index (Phi) is 4.35. The zero-order valence-electron chi connectivity index (χ0n) is 6.40. The van der Waals surface area contributed by atoms with Crippen LogP contribution < -0.4 is 0 Å². The smallest absolute Gasteiger partial charge is 0.148 e.